The number of fused-ring (bicyclic) bond motifs is 3. The van der Waals surface area contributed by atoms with Crippen LogP contribution in [0.15, 0.2) is 16.5 Å². The molecular formula is C25H30F2O3. The predicted octanol–water partition coefficient (Wildman–Crippen LogP) is 7.62. The molecule has 30 heavy (non-hydrogen) atoms. The van der Waals surface area contributed by atoms with Crippen LogP contribution in [-0.2, 0) is 0 Å². The molecule has 0 saturated heterocycles. The van der Waals surface area contributed by atoms with E-state index < -0.39 is 11.6 Å². The molecule has 0 radical (unpaired) electrons. The predicted molar refractivity (Wildman–Crippen MR) is 116 cm³/mol. The van der Waals surface area contributed by atoms with Gasteiger partial charge in [0.05, 0.1) is 13.2 Å². The minimum atomic E-state index is -0.567. The maximum Gasteiger partial charge on any atom is 0.208 e. The summed E-state index contributed by atoms with van der Waals surface area (Å²) in [6.45, 7) is 6.68. The maximum absolute atomic E-state index is 15.3. The standard InChI is InChI=1S/C25H30F2O3/c1-4-5-8-11-28-22-15(2)12-18-19-13-16(3)23(29-14-17-9-6-7-10-17)21(27)25(19)30-24(18)20(22)26/h12-13,17H,4-11,14H2,1-3H3. The Balaban J connectivity index is 1.70. The van der Waals surface area contributed by atoms with Crippen molar-refractivity contribution in [3.05, 3.63) is 34.9 Å². The van der Waals surface area contributed by atoms with E-state index in [1.165, 1.54) is 12.8 Å². The molecule has 4 rings (SSSR count). The monoisotopic (exact) mass is 416 g/mol. The average molecular weight is 417 g/mol. The molecule has 162 valence electrons. The Kier molecular flexibility index (Phi) is 6.16. The van der Waals surface area contributed by atoms with Gasteiger partial charge in [0, 0.05) is 10.8 Å². The lowest BCUT2D eigenvalue weighted by Crippen LogP contribution is -2.09. The normalized spacial score (nSPS) is 14.8. The van der Waals surface area contributed by atoms with E-state index in [-0.39, 0.29) is 22.7 Å². The number of unbranched alkanes of at least 4 members (excludes halogenated alkanes) is 2. The fourth-order valence-electron chi connectivity index (χ4n) is 4.44. The van der Waals surface area contributed by atoms with Gasteiger partial charge < -0.3 is 13.9 Å². The lowest BCUT2D eigenvalue weighted by atomic mass is 10.1. The highest BCUT2D eigenvalue weighted by Crippen LogP contribution is 2.41. The van der Waals surface area contributed by atoms with E-state index >= 15 is 8.78 Å². The van der Waals surface area contributed by atoms with Crippen molar-refractivity contribution < 1.29 is 22.7 Å². The Morgan fingerprint density at radius 3 is 2.03 bits per heavy atom. The Bertz CT molecular complexity index is 1050. The molecule has 3 aromatic rings. The topological polar surface area (TPSA) is 31.6 Å². The van der Waals surface area contributed by atoms with E-state index in [1.54, 1.807) is 6.92 Å². The highest BCUT2D eigenvalue weighted by Gasteiger charge is 2.24. The summed E-state index contributed by atoms with van der Waals surface area (Å²) >= 11 is 0. The number of furan rings is 1. The van der Waals surface area contributed by atoms with Crippen molar-refractivity contribution in [2.75, 3.05) is 13.2 Å². The number of aryl methyl sites for hydroxylation is 2. The molecule has 0 spiro atoms. The third-order valence-electron chi connectivity index (χ3n) is 6.15. The molecule has 1 saturated carbocycles. The molecule has 0 amide bonds. The van der Waals surface area contributed by atoms with E-state index in [4.69, 9.17) is 13.9 Å². The number of benzene rings is 2. The van der Waals surface area contributed by atoms with Crippen LogP contribution in [0.5, 0.6) is 11.5 Å². The fraction of sp³-hybridized carbons (Fsp3) is 0.520. The van der Waals surface area contributed by atoms with E-state index in [2.05, 4.69) is 6.92 Å². The summed E-state index contributed by atoms with van der Waals surface area (Å²) in [4.78, 5) is 0. The van der Waals surface area contributed by atoms with Crippen molar-refractivity contribution in [2.24, 2.45) is 5.92 Å². The van der Waals surface area contributed by atoms with Crippen LogP contribution in [0.4, 0.5) is 8.78 Å². The number of ether oxygens (including phenoxy) is 2. The van der Waals surface area contributed by atoms with E-state index in [0.717, 1.165) is 32.1 Å². The first-order valence-electron chi connectivity index (χ1n) is 11.1. The molecule has 3 nitrogen and oxygen atoms in total. The van der Waals surface area contributed by atoms with E-state index in [1.807, 2.05) is 19.1 Å². The molecule has 0 bridgehead atoms. The zero-order chi connectivity index (χ0) is 21.3. The van der Waals surface area contributed by atoms with Gasteiger partial charge in [-0.25, -0.2) is 0 Å². The van der Waals surface area contributed by atoms with Crippen LogP contribution < -0.4 is 9.47 Å². The summed E-state index contributed by atoms with van der Waals surface area (Å²) in [7, 11) is 0. The second-order valence-electron chi connectivity index (χ2n) is 8.55. The first-order chi connectivity index (χ1) is 14.5. The van der Waals surface area contributed by atoms with Crippen molar-refractivity contribution in [1.29, 1.82) is 0 Å². The lowest BCUT2D eigenvalue weighted by Gasteiger charge is -2.14. The van der Waals surface area contributed by atoms with Crippen molar-refractivity contribution in [1.82, 2.24) is 0 Å². The van der Waals surface area contributed by atoms with Gasteiger partial charge in [0.25, 0.3) is 0 Å². The third-order valence-corrected chi connectivity index (χ3v) is 6.15. The highest BCUT2D eigenvalue weighted by atomic mass is 19.1. The van der Waals surface area contributed by atoms with Gasteiger partial charge in [0.15, 0.2) is 22.7 Å². The molecule has 0 atom stereocenters. The second kappa shape index (κ2) is 8.83. The van der Waals surface area contributed by atoms with Crippen molar-refractivity contribution in [3.8, 4) is 11.5 Å². The highest BCUT2D eigenvalue weighted by molar-refractivity contribution is 6.06. The SMILES string of the molecule is CCCCCOc1c(C)cc2c(oc3c(F)c(OCC4CCCC4)c(C)cc32)c1F. The molecule has 0 unspecified atom stereocenters. The van der Waals surface area contributed by atoms with Gasteiger partial charge in [0.1, 0.15) is 0 Å². The number of halogens is 2. The molecule has 1 fully saturated rings. The molecule has 5 heteroatoms. The summed E-state index contributed by atoms with van der Waals surface area (Å²) in [5.41, 5.74) is 1.45. The zero-order valence-electron chi connectivity index (χ0n) is 18.1. The number of rotatable bonds is 8. The number of hydrogen-bond donors (Lipinski definition) is 0. The molecule has 1 aromatic heterocycles. The fourth-order valence-corrected chi connectivity index (χ4v) is 4.44. The van der Waals surface area contributed by atoms with Crippen LogP contribution in [0.25, 0.3) is 21.9 Å². The number of hydrogen-bond acceptors (Lipinski definition) is 3. The first-order valence-corrected chi connectivity index (χ1v) is 11.1. The minimum Gasteiger partial charge on any atom is -0.490 e. The molecule has 1 aliphatic rings. The quantitative estimate of drug-likeness (QED) is 0.354. The average Bonchev–Trinajstić information content (AvgIpc) is 3.36. The largest absolute Gasteiger partial charge is 0.490 e. The van der Waals surface area contributed by atoms with Gasteiger partial charge in [0.2, 0.25) is 11.6 Å². The Labute approximate surface area is 176 Å². The van der Waals surface area contributed by atoms with Gasteiger partial charge in [-0.2, -0.15) is 8.78 Å². The van der Waals surface area contributed by atoms with Crippen LogP contribution >= 0.6 is 0 Å². The van der Waals surface area contributed by atoms with Gasteiger partial charge >= 0.3 is 0 Å². The van der Waals surface area contributed by atoms with Gasteiger partial charge in [-0.15, -0.1) is 0 Å². The summed E-state index contributed by atoms with van der Waals surface area (Å²) in [6, 6.07) is 3.65. The molecule has 0 aliphatic heterocycles. The molecule has 2 aromatic carbocycles. The van der Waals surface area contributed by atoms with Crippen molar-refractivity contribution in [3.63, 3.8) is 0 Å². The van der Waals surface area contributed by atoms with Crippen molar-refractivity contribution >= 4 is 21.9 Å². The lowest BCUT2D eigenvalue weighted by molar-refractivity contribution is 0.241. The summed E-state index contributed by atoms with van der Waals surface area (Å²) < 4.78 is 47.7. The van der Waals surface area contributed by atoms with Crippen LogP contribution in [0.2, 0.25) is 0 Å². The molecule has 0 N–H and O–H groups in total. The summed E-state index contributed by atoms with van der Waals surface area (Å²) in [5, 5.41) is 1.12. The van der Waals surface area contributed by atoms with Crippen molar-refractivity contribution in [2.45, 2.75) is 65.7 Å². The van der Waals surface area contributed by atoms with Crippen LogP contribution in [0.1, 0.15) is 63.0 Å². The van der Waals surface area contributed by atoms with Crippen LogP contribution in [0, 0.1) is 31.4 Å². The Hall–Kier alpha value is -2.30. The van der Waals surface area contributed by atoms with Gasteiger partial charge in [-0.05, 0) is 62.3 Å². The van der Waals surface area contributed by atoms with E-state index in [9.17, 15) is 0 Å². The van der Waals surface area contributed by atoms with Gasteiger partial charge in [-0.1, -0.05) is 32.6 Å². The third kappa shape index (κ3) is 3.86. The molecular weight excluding hydrogens is 386 g/mol. The smallest absolute Gasteiger partial charge is 0.208 e. The summed E-state index contributed by atoms with van der Waals surface area (Å²) in [5.74, 6) is -0.248. The van der Waals surface area contributed by atoms with Crippen LogP contribution in [0.3, 0.4) is 0 Å². The zero-order valence-corrected chi connectivity index (χ0v) is 18.1. The van der Waals surface area contributed by atoms with Gasteiger partial charge in [-0.3, -0.25) is 0 Å². The van der Waals surface area contributed by atoms with E-state index in [0.29, 0.717) is 41.0 Å². The minimum absolute atomic E-state index is 0.0346. The summed E-state index contributed by atoms with van der Waals surface area (Å²) in [6.07, 6.45) is 7.62. The molecule has 1 heterocycles. The first kappa shape index (κ1) is 21.0. The Morgan fingerprint density at radius 2 is 1.47 bits per heavy atom. The molecule has 1 aliphatic carbocycles. The Morgan fingerprint density at radius 1 is 0.900 bits per heavy atom. The second-order valence-corrected chi connectivity index (χ2v) is 8.55. The van der Waals surface area contributed by atoms with Crippen LogP contribution in [-0.4, -0.2) is 13.2 Å². The maximum atomic E-state index is 15.3.